The summed E-state index contributed by atoms with van der Waals surface area (Å²) >= 11 is 0. The van der Waals surface area contributed by atoms with E-state index in [4.69, 9.17) is 4.74 Å². The molecule has 0 spiro atoms. The zero-order chi connectivity index (χ0) is 22.1. The molecule has 1 saturated heterocycles. The topological polar surface area (TPSA) is 82.7 Å². The van der Waals surface area contributed by atoms with Gasteiger partial charge in [0.05, 0.1) is 19.7 Å². The third kappa shape index (κ3) is 6.72. The van der Waals surface area contributed by atoms with Crippen molar-refractivity contribution >= 4 is 17.6 Å². The van der Waals surface area contributed by atoms with Crippen LogP contribution in [0.1, 0.15) is 37.8 Å². The van der Waals surface area contributed by atoms with Crippen LogP contribution in [0.15, 0.2) is 54.6 Å². The Hall–Kier alpha value is -3.06. The summed E-state index contributed by atoms with van der Waals surface area (Å²) in [6.45, 7) is 3.63. The second-order valence-electron chi connectivity index (χ2n) is 7.85. The third-order valence-corrected chi connectivity index (χ3v) is 5.61. The van der Waals surface area contributed by atoms with Gasteiger partial charge in [-0.1, -0.05) is 42.8 Å². The number of amides is 3. The van der Waals surface area contributed by atoms with Gasteiger partial charge in [-0.05, 0) is 44.5 Å². The van der Waals surface area contributed by atoms with Gasteiger partial charge >= 0.3 is 6.03 Å². The second kappa shape index (κ2) is 11.4. The number of urea groups is 1. The van der Waals surface area contributed by atoms with Gasteiger partial charge in [-0.25, -0.2) is 4.79 Å². The molecule has 1 aliphatic rings. The predicted octanol–water partition coefficient (Wildman–Crippen LogP) is 3.55. The monoisotopic (exact) mass is 424 g/mol. The summed E-state index contributed by atoms with van der Waals surface area (Å²) in [6, 6.07) is 16.8. The second-order valence-corrected chi connectivity index (χ2v) is 7.85. The van der Waals surface area contributed by atoms with E-state index in [1.165, 1.54) is 0 Å². The molecule has 0 radical (unpaired) electrons. The predicted molar refractivity (Wildman–Crippen MR) is 122 cm³/mol. The summed E-state index contributed by atoms with van der Waals surface area (Å²) < 4.78 is 5.40. The number of carbonyl (C=O) groups excluding carboxylic acids is 2. The number of likely N-dealkylation sites (tertiary alicyclic amines) is 1. The van der Waals surface area contributed by atoms with Gasteiger partial charge in [0.2, 0.25) is 5.91 Å². The number of piperidine rings is 1. The zero-order valence-corrected chi connectivity index (χ0v) is 18.3. The number of hydrogen-bond acceptors (Lipinski definition) is 4. The molecular weight excluding hydrogens is 392 g/mol. The van der Waals surface area contributed by atoms with Gasteiger partial charge in [0, 0.05) is 23.8 Å². The summed E-state index contributed by atoms with van der Waals surface area (Å²) in [7, 11) is 1.63. The lowest BCUT2D eigenvalue weighted by Gasteiger charge is -2.35. The SMILES string of the molecule is COc1ccccc1C(C)NC(=O)CN1CCCCC1CNC(=O)Nc1ccccc1. The van der Waals surface area contributed by atoms with E-state index in [1.807, 2.05) is 61.5 Å². The van der Waals surface area contributed by atoms with Crippen molar-refractivity contribution in [2.45, 2.75) is 38.3 Å². The highest BCUT2D eigenvalue weighted by atomic mass is 16.5. The Balaban J connectivity index is 1.50. The van der Waals surface area contributed by atoms with Gasteiger partial charge in [0.1, 0.15) is 5.75 Å². The average molecular weight is 425 g/mol. The van der Waals surface area contributed by atoms with Crippen LogP contribution in [-0.2, 0) is 4.79 Å². The Labute approximate surface area is 184 Å². The number of nitrogens with zero attached hydrogens (tertiary/aromatic N) is 1. The molecular formula is C24H32N4O3. The molecule has 7 nitrogen and oxygen atoms in total. The number of methoxy groups -OCH3 is 1. The van der Waals surface area contributed by atoms with Gasteiger partial charge in [-0.3, -0.25) is 9.69 Å². The molecule has 2 atom stereocenters. The first-order chi connectivity index (χ1) is 15.1. The van der Waals surface area contributed by atoms with E-state index in [0.717, 1.165) is 42.8 Å². The van der Waals surface area contributed by atoms with E-state index >= 15 is 0 Å². The van der Waals surface area contributed by atoms with Crippen LogP contribution in [0.5, 0.6) is 5.75 Å². The van der Waals surface area contributed by atoms with Crippen LogP contribution in [0.4, 0.5) is 10.5 Å². The molecule has 7 heteroatoms. The van der Waals surface area contributed by atoms with Crippen LogP contribution >= 0.6 is 0 Å². The summed E-state index contributed by atoms with van der Waals surface area (Å²) in [5.74, 6) is 0.735. The van der Waals surface area contributed by atoms with Crippen molar-refractivity contribution in [1.82, 2.24) is 15.5 Å². The number of benzene rings is 2. The number of anilines is 1. The fourth-order valence-corrected chi connectivity index (χ4v) is 3.98. The van der Waals surface area contributed by atoms with Crippen LogP contribution in [0, 0.1) is 0 Å². The van der Waals surface area contributed by atoms with Crippen LogP contribution < -0.4 is 20.7 Å². The fraction of sp³-hybridized carbons (Fsp3) is 0.417. The average Bonchev–Trinajstić information content (AvgIpc) is 2.79. The molecule has 3 amide bonds. The molecule has 1 fully saturated rings. The van der Waals surface area contributed by atoms with Crippen molar-refractivity contribution in [3.63, 3.8) is 0 Å². The van der Waals surface area contributed by atoms with Gasteiger partial charge < -0.3 is 20.7 Å². The molecule has 0 aliphatic carbocycles. The maximum Gasteiger partial charge on any atom is 0.319 e. The van der Waals surface area contributed by atoms with Gasteiger partial charge in [-0.15, -0.1) is 0 Å². The number of nitrogens with one attached hydrogen (secondary N) is 3. The smallest absolute Gasteiger partial charge is 0.319 e. The summed E-state index contributed by atoms with van der Waals surface area (Å²) in [4.78, 5) is 27.1. The lowest BCUT2D eigenvalue weighted by molar-refractivity contribution is -0.123. The molecule has 1 heterocycles. The molecule has 3 rings (SSSR count). The van der Waals surface area contributed by atoms with Crippen LogP contribution in [0.3, 0.4) is 0 Å². The molecule has 0 bridgehead atoms. The van der Waals surface area contributed by atoms with Gasteiger partial charge in [-0.2, -0.15) is 0 Å². The first-order valence-electron chi connectivity index (χ1n) is 10.8. The quantitative estimate of drug-likeness (QED) is 0.605. The number of para-hydroxylation sites is 2. The Morgan fingerprint density at radius 2 is 1.84 bits per heavy atom. The lowest BCUT2D eigenvalue weighted by atomic mass is 10.0. The van der Waals surface area contributed by atoms with Gasteiger partial charge in [0.25, 0.3) is 0 Å². The van der Waals surface area contributed by atoms with E-state index in [1.54, 1.807) is 7.11 Å². The highest BCUT2D eigenvalue weighted by molar-refractivity contribution is 5.89. The minimum atomic E-state index is -0.231. The molecule has 31 heavy (non-hydrogen) atoms. The maximum absolute atomic E-state index is 12.7. The van der Waals surface area contributed by atoms with E-state index in [0.29, 0.717) is 13.1 Å². The van der Waals surface area contributed by atoms with Crippen molar-refractivity contribution in [2.75, 3.05) is 32.1 Å². The maximum atomic E-state index is 12.7. The summed E-state index contributed by atoms with van der Waals surface area (Å²) in [5, 5.41) is 8.85. The first kappa shape index (κ1) is 22.6. The van der Waals surface area contributed by atoms with Crippen molar-refractivity contribution in [3.8, 4) is 5.75 Å². The van der Waals surface area contributed by atoms with Crippen LogP contribution in [0.2, 0.25) is 0 Å². The highest BCUT2D eigenvalue weighted by Gasteiger charge is 2.25. The lowest BCUT2D eigenvalue weighted by Crippen LogP contribution is -2.50. The van der Waals surface area contributed by atoms with E-state index in [9.17, 15) is 9.59 Å². The first-order valence-corrected chi connectivity index (χ1v) is 10.8. The van der Waals surface area contributed by atoms with Crippen molar-refractivity contribution in [3.05, 3.63) is 60.2 Å². The minimum absolute atomic E-state index is 0.0287. The Morgan fingerprint density at radius 3 is 2.61 bits per heavy atom. The van der Waals surface area contributed by atoms with Gasteiger partial charge in [0.15, 0.2) is 0 Å². The number of carbonyl (C=O) groups is 2. The zero-order valence-electron chi connectivity index (χ0n) is 18.3. The summed E-state index contributed by atoms with van der Waals surface area (Å²) in [6.07, 6.45) is 3.12. The molecule has 0 saturated carbocycles. The van der Waals surface area contributed by atoms with Crippen LogP contribution in [-0.4, -0.2) is 49.6 Å². The largest absolute Gasteiger partial charge is 0.496 e. The summed E-state index contributed by atoms with van der Waals surface area (Å²) in [5.41, 5.74) is 1.71. The van der Waals surface area contributed by atoms with E-state index in [-0.39, 0.29) is 24.0 Å². The molecule has 3 N–H and O–H groups in total. The molecule has 2 aromatic carbocycles. The Morgan fingerprint density at radius 1 is 1.10 bits per heavy atom. The van der Waals surface area contributed by atoms with Crippen LogP contribution in [0.25, 0.3) is 0 Å². The van der Waals surface area contributed by atoms with E-state index < -0.39 is 0 Å². The number of hydrogen-bond donors (Lipinski definition) is 3. The van der Waals surface area contributed by atoms with Crippen molar-refractivity contribution in [2.24, 2.45) is 0 Å². The third-order valence-electron chi connectivity index (χ3n) is 5.61. The molecule has 166 valence electrons. The standard InChI is InChI=1S/C24H32N4O3/c1-18(21-13-6-7-14-22(21)31-2)26-23(29)17-28-15-9-8-12-20(28)16-25-24(30)27-19-10-4-3-5-11-19/h3-7,10-11,13-14,18,20H,8-9,12,15-17H2,1-2H3,(H,26,29)(H2,25,27,30). The molecule has 2 aromatic rings. The normalized spacial score (nSPS) is 17.4. The Kier molecular flexibility index (Phi) is 8.29. The fourth-order valence-electron chi connectivity index (χ4n) is 3.98. The van der Waals surface area contributed by atoms with Crippen molar-refractivity contribution < 1.29 is 14.3 Å². The number of rotatable bonds is 8. The van der Waals surface area contributed by atoms with E-state index in [2.05, 4.69) is 20.9 Å². The molecule has 0 aromatic heterocycles. The highest BCUT2D eigenvalue weighted by Crippen LogP contribution is 2.24. The molecule has 2 unspecified atom stereocenters. The molecule has 1 aliphatic heterocycles. The Bertz CT molecular complexity index is 859. The number of ether oxygens (including phenoxy) is 1. The minimum Gasteiger partial charge on any atom is -0.496 e. The van der Waals surface area contributed by atoms with Crippen molar-refractivity contribution in [1.29, 1.82) is 0 Å².